The molecule has 0 fully saturated rings. The minimum absolute atomic E-state index is 0.0999. The Morgan fingerprint density at radius 2 is 1.88 bits per heavy atom. The van der Waals surface area contributed by atoms with Crippen LogP contribution in [-0.2, 0) is 17.5 Å². The number of aromatic nitrogens is 1. The molecular formula is C17H12ClF3N2O. The molecule has 3 rings (SSSR count). The SMILES string of the molecule is O=C(Cn1ccc2cc(Cl)ccc21)Nc1ccccc1C(F)(F)F. The van der Waals surface area contributed by atoms with Crippen LogP contribution in [0.5, 0.6) is 0 Å². The van der Waals surface area contributed by atoms with E-state index in [2.05, 4.69) is 5.32 Å². The zero-order valence-corrected chi connectivity index (χ0v) is 13.0. The van der Waals surface area contributed by atoms with Crippen molar-refractivity contribution in [1.82, 2.24) is 4.57 Å². The number of carbonyl (C=O) groups excluding carboxylic acids is 1. The third kappa shape index (κ3) is 3.38. The van der Waals surface area contributed by atoms with Gasteiger partial charge in [0.2, 0.25) is 5.91 Å². The number of anilines is 1. The van der Waals surface area contributed by atoms with Crippen LogP contribution in [0.2, 0.25) is 5.02 Å². The molecule has 1 amide bonds. The molecule has 1 aromatic heterocycles. The molecule has 1 N–H and O–H groups in total. The first-order chi connectivity index (χ1) is 11.3. The molecule has 24 heavy (non-hydrogen) atoms. The Morgan fingerprint density at radius 3 is 2.62 bits per heavy atom. The average molecular weight is 353 g/mol. The van der Waals surface area contributed by atoms with Gasteiger partial charge in [0, 0.05) is 22.1 Å². The summed E-state index contributed by atoms with van der Waals surface area (Å²) >= 11 is 5.91. The summed E-state index contributed by atoms with van der Waals surface area (Å²) in [4.78, 5) is 12.1. The number of nitrogens with zero attached hydrogens (tertiary/aromatic N) is 1. The molecule has 7 heteroatoms. The van der Waals surface area contributed by atoms with Gasteiger partial charge in [-0.15, -0.1) is 0 Å². The van der Waals surface area contributed by atoms with E-state index in [4.69, 9.17) is 11.6 Å². The molecule has 2 aromatic carbocycles. The van der Waals surface area contributed by atoms with Crippen LogP contribution >= 0.6 is 11.6 Å². The van der Waals surface area contributed by atoms with Crippen molar-refractivity contribution >= 4 is 34.1 Å². The van der Waals surface area contributed by atoms with Gasteiger partial charge in [-0.2, -0.15) is 13.2 Å². The summed E-state index contributed by atoms with van der Waals surface area (Å²) in [5.41, 5.74) is -0.351. The minimum atomic E-state index is -4.53. The fraction of sp³-hybridized carbons (Fsp3) is 0.118. The highest BCUT2D eigenvalue weighted by molar-refractivity contribution is 6.31. The summed E-state index contributed by atoms with van der Waals surface area (Å²) < 4.78 is 40.5. The van der Waals surface area contributed by atoms with Crippen LogP contribution in [0.15, 0.2) is 54.7 Å². The monoisotopic (exact) mass is 352 g/mol. The number of hydrogen-bond acceptors (Lipinski definition) is 1. The molecule has 124 valence electrons. The van der Waals surface area contributed by atoms with E-state index in [9.17, 15) is 18.0 Å². The summed E-state index contributed by atoms with van der Waals surface area (Å²) in [7, 11) is 0. The third-order valence-electron chi connectivity index (χ3n) is 3.55. The maximum Gasteiger partial charge on any atom is 0.418 e. The lowest BCUT2D eigenvalue weighted by Crippen LogP contribution is -2.20. The molecule has 0 saturated heterocycles. The molecule has 3 aromatic rings. The smallest absolute Gasteiger partial charge is 0.338 e. The van der Waals surface area contributed by atoms with E-state index < -0.39 is 17.6 Å². The number of halogens is 4. The molecule has 0 radical (unpaired) electrons. The predicted octanol–water partition coefficient (Wildman–Crippen LogP) is 4.95. The zero-order valence-electron chi connectivity index (χ0n) is 12.3. The molecule has 0 atom stereocenters. The number of alkyl halides is 3. The molecular weight excluding hydrogens is 341 g/mol. The van der Waals surface area contributed by atoms with Crippen molar-refractivity contribution in [3.05, 3.63) is 65.3 Å². The van der Waals surface area contributed by atoms with Gasteiger partial charge >= 0.3 is 6.18 Å². The zero-order chi connectivity index (χ0) is 17.3. The van der Waals surface area contributed by atoms with Crippen molar-refractivity contribution in [3.8, 4) is 0 Å². The normalized spacial score (nSPS) is 11.7. The molecule has 1 heterocycles. The first-order valence-corrected chi connectivity index (χ1v) is 7.43. The molecule has 0 bridgehead atoms. The summed E-state index contributed by atoms with van der Waals surface area (Å²) in [6.45, 7) is -0.0999. The van der Waals surface area contributed by atoms with E-state index in [1.807, 2.05) is 0 Å². The van der Waals surface area contributed by atoms with E-state index in [-0.39, 0.29) is 12.2 Å². The second-order valence-electron chi connectivity index (χ2n) is 5.24. The Bertz CT molecular complexity index is 902. The molecule has 0 aliphatic heterocycles. The maximum absolute atomic E-state index is 13.0. The number of rotatable bonds is 3. The Morgan fingerprint density at radius 1 is 1.12 bits per heavy atom. The molecule has 0 unspecified atom stereocenters. The first-order valence-electron chi connectivity index (χ1n) is 7.05. The van der Waals surface area contributed by atoms with Gasteiger partial charge in [0.05, 0.1) is 11.3 Å². The molecule has 3 nitrogen and oxygen atoms in total. The van der Waals surface area contributed by atoms with E-state index in [0.717, 1.165) is 17.0 Å². The number of amides is 1. The molecule has 0 spiro atoms. The minimum Gasteiger partial charge on any atom is -0.338 e. The van der Waals surface area contributed by atoms with Crippen molar-refractivity contribution in [3.63, 3.8) is 0 Å². The highest BCUT2D eigenvalue weighted by atomic mass is 35.5. The van der Waals surface area contributed by atoms with Crippen LogP contribution in [0, 0.1) is 0 Å². The van der Waals surface area contributed by atoms with Gasteiger partial charge in [-0.25, -0.2) is 0 Å². The van der Waals surface area contributed by atoms with Gasteiger partial charge in [-0.1, -0.05) is 23.7 Å². The Hall–Kier alpha value is -2.47. The summed E-state index contributed by atoms with van der Waals surface area (Å²) in [5.74, 6) is -0.542. The summed E-state index contributed by atoms with van der Waals surface area (Å²) in [6, 6.07) is 11.9. The van der Waals surface area contributed by atoms with Crippen LogP contribution in [0.4, 0.5) is 18.9 Å². The fourth-order valence-corrected chi connectivity index (χ4v) is 2.67. The van der Waals surface area contributed by atoms with Gasteiger partial charge in [-0.05, 0) is 36.4 Å². The Kier molecular flexibility index (Phi) is 4.24. The van der Waals surface area contributed by atoms with E-state index in [1.165, 1.54) is 18.2 Å². The lowest BCUT2D eigenvalue weighted by atomic mass is 10.1. The van der Waals surface area contributed by atoms with Crippen molar-refractivity contribution in [2.45, 2.75) is 12.7 Å². The second kappa shape index (κ2) is 6.20. The van der Waals surface area contributed by atoms with Crippen LogP contribution < -0.4 is 5.32 Å². The van der Waals surface area contributed by atoms with Crippen molar-refractivity contribution in [2.75, 3.05) is 5.32 Å². The van der Waals surface area contributed by atoms with Gasteiger partial charge in [-0.3, -0.25) is 4.79 Å². The topological polar surface area (TPSA) is 34.0 Å². The van der Waals surface area contributed by atoms with E-state index in [1.54, 1.807) is 35.0 Å². The van der Waals surface area contributed by atoms with Gasteiger partial charge in [0.25, 0.3) is 0 Å². The highest BCUT2D eigenvalue weighted by Gasteiger charge is 2.33. The fourth-order valence-electron chi connectivity index (χ4n) is 2.49. The number of carbonyl (C=O) groups is 1. The molecule has 0 saturated carbocycles. The second-order valence-corrected chi connectivity index (χ2v) is 5.67. The Balaban J connectivity index is 1.81. The van der Waals surface area contributed by atoms with Crippen LogP contribution in [0.1, 0.15) is 5.56 Å². The van der Waals surface area contributed by atoms with Crippen molar-refractivity contribution in [2.24, 2.45) is 0 Å². The standard InChI is InChI=1S/C17H12ClF3N2O/c18-12-5-6-15-11(9-12)7-8-23(15)10-16(24)22-14-4-2-1-3-13(14)17(19,20)21/h1-9H,10H2,(H,22,24). The third-order valence-corrected chi connectivity index (χ3v) is 3.79. The number of nitrogens with one attached hydrogen (secondary N) is 1. The van der Waals surface area contributed by atoms with Crippen molar-refractivity contribution in [1.29, 1.82) is 0 Å². The van der Waals surface area contributed by atoms with Gasteiger partial charge < -0.3 is 9.88 Å². The highest BCUT2D eigenvalue weighted by Crippen LogP contribution is 2.34. The number of benzene rings is 2. The predicted molar refractivity (Wildman–Crippen MR) is 87.0 cm³/mol. The van der Waals surface area contributed by atoms with Crippen LogP contribution in [0.3, 0.4) is 0 Å². The lowest BCUT2D eigenvalue weighted by molar-refractivity contribution is -0.137. The molecule has 0 aliphatic rings. The Labute approximate surface area is 140 Å². The van der Waals surface area contributed by atoms with Crippen LogP contribution in [0.25, 0.3) is 10.9 Å². The van der Waals surface area contributed by atoms with Gasteiger partial charge in [0.1, 0.15) is 6.54 Å². The van der Waals surface area contributed by atoms with Crippen molar-refractivity contribution < 1.29 is 18.0 Å². The lowest BCUT2D eigenvalue weighted by Gasteiger charge is -2.14. The number of para-hydroxylation sites is 1. The van der Waals surface area contributed by atoms with Crippen LogP contribution in [-0.4, -0.2) is 10.5 Å². The number of hydrogen-bond donors (Lipinski definition) is 1. The molecule has 0 aliphatic carbocycles. The number of fused-ring (bicyclic) bond motifs is 1. The van der Waals surface area contributed by atoms with Gasteiger partial charge in [0.15, 0.2) is 0 Å². The van der Waals surface area contributed by atoms with E-state index in [0.29, 0.717) is 5.02 Å². The maximum atomic E-state index is 13.0. The first kappa shape index (κ1) is 16.4. The summed E-state index contributed by atoms with van der Waals surface area (Å²) in [5, 5.41) is 3.75. The average Bonchev–Trinajstić information content (AvgIpc) is 2.88. The largest absolute Gasteiger partial charge is 0.418 e. The van der Waals surface area contributed by atoms with E-state index >= 15 is 0 Å². The summed E-state index contributed by atoms with van der Waals surface area (Å²) in [6.07, 6.45) is -2.84. The quantitative estimate of drug-likeness (QED) is 0.710.